The summed E-state index contributed by atoms with van der Waals surface area (Å²) in [7, 11) is 1.10. The zero-order valence-corrected chi connectivity index (χ0v) is 7.88. The lowest BCUT2D eigenvalue weighted by Gasteiger charge is -2.08. The Kier molecular flexibility index (Phi) is 3.57. The Hall–Kier alpha value is -1.23. The molecular weight excluding hydrogens is 188 g/mol. The molecule has 0 heterocycles. The number of hydrogen-bond donors (Lipinski definition) is 3. The first-order valence-corrected chi connectivity index (χ1v) is 5.08. The van der Waals surface area contributed by atoms with Gasteiger partial charge in [0.25, 0.3) is 0 Å². The summed E-state index contributed by atoms with van der Waals surface area (Å²) in [5.74, 6) is -0.0615. The van der Waals surface area contributed by atoms with E-state index in [-0.39, 0.29) is 5.88 Å². The second-order valence-electron chi connectivity index (χ2n) is 2.39. The summed E-state index contributed by atoms with van der Waals surface area (Å²) in [6.07, 6.45) is 0. The second kappa shape index (κ2) is 4.71. The zero-order valence-electron chi connectivity index (χ0n) is 6.99. The smallest absolute Gasteiger partial charge is 0.158 e. The molecule has 13 heavy (non-hydrogen) atoms. The van der Waals surface area contributed by atoms with E-state index in [1.165, 1.54) is 0 Å². The van der Waals surface area contributed by atoms with E-state index in [9.17, 15) is 8.42 Å². The minimum Gasteiger partial charge on any atom is -0.382 e. The van der Waals surface area contributed by atoms with Crippen molar-refractivity contribution in [2.24, 2.45) is 0 Å². The molecule has 0 unspecified atom stereocenters. The van der Waals surface area contributed by atoms with Crippen LogP contribution in [-0.4, -0.2) is 14.3 Å². The highest BCUT2D eigenvalue weighted by atomic mass is 32.2. The maximum Gasteiger partial charge on any atom is 0.158 e. The van der Waals surface area contributed by atoms with E-state index in [1.54, 1.807) is 6.07 Å². The van der Waals surface area contributed by atoms with E-state index in [2.05, 4.69) is 17.7 Å². The van der Waals surface area contributed by atoms with E-state index in [4.69, 9.17) is 0 Å². The Labute approximate surface area is 78.9 Å². The van der Waals surface area contributed by atoms with Gasteiger partial charge in [0.2, 0.25) is 0 Å². The number of rotatable bonds is 4. The monoisotopic (exact) mass is 199 g/mol. The van der Waals surface area contributed by atoms with Crippen LogP contribution in [0.25, 0.3) is 0 Å². The van der Waals surface area contributed by atoms with Gasteiger partial charge in [0.15, 0.2) is 10.7 Å². The second-order valence-corrected chi connectivity index (χ2v) is 3.37. The van der Waals surface area contributed by atoms with Gasteiger partial charge in [-0.3, -0.25) is 0 Å². The summed E-state index contributed by atoms with van der Waals surface area (Å²) in [4.78, 5) is 0. The molecule has 1 aromatic carbocycles. The van der Waals surface area contributed by atoms with Crippen molar-refractivity contribution in [1.82, 2.24) is 0 Å². The van der Waals surface area contributed by atoms with Crippen LogP contribution in [0.4, 0.5) is 11.4 Å². The molecule has 1 aromatic rings. The van der Waals surface area contributed by atoms with Gasteiger partial charge in [0.05, 0.1) is 11.4 Å². The third-order valence-corrected chi connectivity index (χ3v) is 1.93. The van der Waals surface area contributed by atoms with Gasteiger partial charge in [-0.25, -0.2) is 8.42 Å². The Morgan fingerprint density at radius 1 is 1.23 bits per heavy atom. The van der Waals surface area contributed by atoms with Crippen LogP contribution in [0.2, 0.25) is 0 Å². The van der Waals surface area contributed by atoms with Crippen LogP contribution in [-0.2, 0) is 10.7 Å². The molecule has 0 saturated heterocycles. The van der Waals surface area contributed by atoms with E-state index in [1.807, 2.05) is 18.2 Å². The first-order valence-electron chi connectivity index (χ1n) is 3.72. The molecule has 0 bridgehead atoms. The Morgan fingerprint density at radius 2 is 1.85 bits per heavy atom. The van der Waals surface area contributed by atoms with Crippen molar-refractivity contribution < 1.29 is 8.42 Å². The van der Waals surface area contributed by atoms with Crippen LogP contribution in [0.5, 0.6) is 0 Å². The van der Waals surface area contributed by atoms with Gasteiger partial charge in [0.1, 0.15) is 5.88 Å². The minimum atomic E-state index is -2.40. The normalized spacial score (nSPS) is 10.0. The molecule has 0 atom stereocenters. The largest absolute Gasteiger partial charge is 0.382 e. The predicted octanol–water partition coefficient (Wildman–Crippen LogP) is 0.871. The first-order chi connectivity index (χ1) is 6.24. The third kappa shape index (κ3) is 2.95. The van der Waals surface area contributed by atoms with E-state index in [0.717, 1.165) is 11.4 Å². The molecule has 1 radical (unpaired) electrons. The fraction of sp³-hybridized carbons (Fsp3) is 0.125. The van der Waals surface area contributed by atoms with Gasteiger partial charge < -0.3 is 10.6 Å². The number of thiol groups is 1. The van der Waals surface area contributed by atoms with Crippen LogP contribution in [0, 0.1) is 7.05 Å². The van der Waals surface area contributed by atoms with Crippen LogP contribution in [0.3, 0.4) is 0 Å². The van der Waals surface area contributed by atoms with E-state index >= 15 is 0 Å². The first kappa shape index (κ1) is 9.85. The molecule has 0 aliphatic carbocycles. The van der Waals surface area contributed by atoms with Crippen LogP contribution >= 0.6 is 0 Å². The molecule has 0 saturated carbocycles. The summed E-state index contributed by atoms with van der Waals surface area (Å²) >= 11 is 0. The number of benzene rings is 1. The van der Waals surface area contributed by atoms with E-state index < -0.39 is 10.7 Å². The molecule has 0 spiro atoms. The Balaban J connectivity index is 2.75. The maximum atomic E-state index is 10.3. The molecule has 0 fully saturated rings. The molecule has 1 rings (SSSR count). The molecule has 71 valence electrons. The maximum absolute atomic E-state index is 10.3. The van der Waals surface area contributed by atoms with Crippen molar-refractivity contribution in [3.8, 4) is 0 Å². The van der Waals surface area contributed by atoms with Gasteiger partial charge in [-0.05, 0) is 12.1 Å². The number of hydrogen-bond acceptors (Lipinski definition) is 4. The number of para-hydroxylation sites is 2. The molecular formula is C8H11N2O2S. The lowest BCUT2D eigenvalue weighted by atomic mass is 10.3. The highest BCUT2D eigenvalue weighted by Crippen LogP contribution is 2.19. The average molecular weight is 199 g/mol. The van der Waals surface area contributed by atoms with Crippen molar-refractivity contribution in [3.05, 3.63) is 31.3 Å². The van der Waals surface area contributed by atoms with Crippen molar-refractivity contribution in [3.63, 3.8) is 0 Å². The molecule has 0 amide bonds. The summed E-state index contributed by atoms with van der Waals surface area (Å²) < 4.78 is 20.6. The van der Waals surface area contributed by atoms with E-state index in [0.29, 0.717) is 0 Å². The zero-order chi connectivity index (χ0) is 9.68. The van der Waals surface area contributed by atoms with Crippen molar-refractivity contribution in [2.45, 2.75) is 0 Å². The molecule has 5 heteroatoms. The minimum absolute atomic E-state index is 0.0615. The number of anilines is 2. The Bertz CT molecular complexity index is 342. The van der Waals surface area contributed by atoms with Gasteiger partial charge in [-0.15, -0.1) is 0 Å². The lowest BCUT2D eigenvalue weighted by molar-refractivity contribution is 0.616. The lowest BCUT2D eigenvalue weighted by Crippen LogP contribution is -2.04. The molecule has 0 aliphatic rings. The molecule has 2 N–H and O–H groups in total. The highest BCUT2D eigenvalue weighted by Gasteiger charge is 1.97. The summed E-state index contributed by atoms with van der Waals surface area (Å²) in [5, 5.41) is 5.47. The Morgan fingerprint density at radius 3 is 2.38 bits per heavy atom. The number of nitrogens with one attached hydrogen (secondary N) is 2. The standard InChI is InChI=1S/C8H11N2O2S/c1-9-7-4-2-3-5-8(7)10-6-13(11)12/h2-5,9-10,13H,1,6H2. The van der Waals surface area contributed by atoms with Gasteiger partial charge in [-0.1, -0.05) is 12.1 Å². The summed E-state index contributed by atoms with van der Waals surface area (Å²) in [6.45, 7) is 0. The van der Waals surface area contributed by atoms with Crippen LogP contribution < -0.4 is 10.6 Å². The highest BCUT2D eigenvalue weighted by molar-refractivity contribution is 7.72. The fourth-order valence-electron chi connectivity index (χ4n) is 0.941. The quantitative estimate of drug-likeness (QED) is 0.630. The molecule has 0 aromatic heterocycles. The van der Waals surface area contributed by atoms with Gasteiger partial charge in [0, 0.05) is 7.05 Å². The van der Waals surface area contributed by atoms with Gasteiger partial charge in [-0.2, -0.15) is 0 Å². The van der Waals surface area contributed by atoms with Crippen molar-refractivity contribution in [1.29, 1.82) is 0 Å². The SMILES string of the molecule is [CH2]Nc1ccccc1NC[SH](=O)=O. The van der Waals surface area contributed by atoms with Crippen LogP contribution in [0.15, 0.2) is 24.3 Å². The summed E-state index contributed by atoms with van der Waals surface area (Å²) in [6, 6.07) is 7.26. The summed E-state index contributed by atoms with van der Waals surface area (Å²) in [5.41, 5.74) is 1.51. The topological polar surface area (TPSA) is 58.2 Å². The van der Waals surface area contributed by atoms with Crippen LogP contribution in [0.1, 0.15) is 0 Å². The molecule has 0 aliphatic heterocycles. The van der Waals surface area contributed by atoms with Crippen molar-refractivity contribution >= 4 is 22.1 Å². The predicted molar refractivity (Wildman–Crippen MR) is 54.2 cm³/mol. The third-order valence-electron chi connectivity index (χ3n) is 1.52. The molecule has 4 nitrogen and oxygen atoms in total. The van der Waals surface area contributed by atoms with Gasteiger partial charge >= 0.3 is 0 Å². The van der Waals surface area contributed by atoms with Crippen molar-refractivity contribution in [2.75, 3.05) is 16.5 Å². The fourth-order valence-corrected chi connectivity index (χ4v) is 1.24. The average Bonchev–Trinajstić information content (AvgIpc) is 2.15.